The summed E-state index contributed by atoms with van der Waals surface area (Å²) in [6, 6.07) is 6.82. The lowest BCUT2D eigenvalue weighted by molar-refractivity contribution is 0.202. The Labute approximate surface area is 107 Å². The number of benzene rings is 1. The summed E-state index contributed by atoms with van der Waals surface area (Å²) in [5, 5.41) is 11.5. The maximum atomic E-state index is 11.7. The van der Waals surface area contributed by atoms with Gasteiger partial charge in [0.1, 0.15) is 12.4 Å². The van der Waals surface area contributed by atoms with E-state index in [0.29, 0.717) is 24.6 Å². The average Bonchev–Trinajstić information content (AvgIpc) is 2.37. The van der Waals surface area contributed by atoms with Crippen LogP contribution in [0, 0.1) is 0 Å². The minimum Gasteiger partial charge on any atom is -0.489 e. The van der Waals surface area contributed by atoms with Gasteiger partial charge in [0, 0.05) is 25.3 Å². The van der Waals surface area contributed by atoms with Crippen molar-refractivity contribution in [3.8, 4) is 5.75 Å². The predicted molar refractivity (Wildman–Crippen MR) is 70.9 cm³/mol. The number of amides is 2. The van der Waals surface area contributed by atoms with Crippen LogP contribution in [0.15, 0.2) is 36.9 Å². The molecule has 0 bridgehead atoms. The molecule has 1 aromatic carbocycles. The SMILES string of the molecule is C=CCOc1cccc(NC(=O)N(C)CCO)c1. The quantitative estimate of drug-likeness (QED) is 0.755. The van der Waals surface area contributed by atoms with Crippen molar-refractivity contribution in [3.05, 3.63) is 36.9 Å². The summed E-state index contributed by atoms with van der Waals surface area (Å²) in [5.41, 5.74) is 0.645. The molecule has 0 aliphatic rings. The molecule has 0 spiro atoms. The number of carbonyl (C=O) groups excluding carboxylic acids is 1. The molecule has 18 heavy (non-hydrogen) atoms. The third kappa shape index (κ3) is 4.47. The molecule has 0 atom stereocenters. The minimum atomic E-state index is -0.273. The predicted octanol–water partition coefficient (Wildman–Crippen LogP) is 1.71. The molecule has 0 fully saturated rings. The minimum absolute atomic E-state index is 0.0631. The number of nitrogens with one attached hydrogen (secondary N) is 1. The van der Waals surface area contributed by atoms with Gasteiger partial charge in [-0.2, -0.15) is 0 Å². The van der Waals surface area contributed by atoms with Gasteiger partial charge in [-0.25, -0.2) is 4.79 Å². The molecule has 0 saturated carbocycles. The Bertz CT molecular complexity index is 407. The largest absolute Gasteiger partial charge is 0.489 e. The molecule has 2 amide bonds. The molecule has 0 aliphatic carbocycles. The summed E-state index contributed by atoms with van der Waals surface area (Å²) in [7, 11) is 1.61. The van der Waals surface area contributed by atoms with E-state index in [2.05, 4.69) is 11.9 Å². The van der Waals surface area contributed by atoms with E-state index >= 15 is 0 Å². The summed E-state index contributed by atoms with van der Waals surface area (Å²) in [5.74, 6) is 0.664. The van der Waals surface area contributed by atoms with Crippen LogP contribution in [0.5, 0.6) is 5.75 Å². The molecule has 5 heteroatoms. The molecule has 1 aromatic rings. The third-order valence-electron chi connectivity index (χ3n) is 2.24. The number of anilines is 1. The Kier molecular flexibility index (Phi) is 5.73. The van der Waals surface area contributed by atoms with Gasteiger partial charge in [-0.1, -0.05) is 18.7 Å². The maximum Gasteiger partial charge on any atom is 0.321 e. The zero-order chi connectivity index (χ0) is 13.4. The number of ether oxygens (including phenoxy) is 1. The first-order valence-corrected chi connectivity index (χ1v) is 5.64. The Morgan fingerprint density at radius 1 is 1.61 bits per heavy atom. The number of hydrogen-bond donors (Lipinski definition) is 2. The Balaban J connectivity index is 2.61. The van der Waals surface area contributed by atoms with Crippen LogP contribution >= 0.6 is 0 Å². The lowest BCUT2D eigenvalue weighted by Crippen LogP contribution is -2.33. The van der Waals surface area contributed by atoms with Gasteiger partial charge in [-0.15, -0.1) is 0 Å². The van der Waals surface area contributed by atoms with Gasteiger partial charge >= 0.3 is 6.03 Å². The van der Waals surface area contributed by atoms with Gasteiger partial charge in [0.2, 0.25) is 0 Å². The first-order valence-electron chi connectivity index (χ1n) is 5.64. The van der Waals surface area contributed by atoms with E-state index in [9.17, 15) is 4.79 Å². The van der Waals surface area contributed by atoms with E-state index in [1.807, 2.05) is 0 Å². The van der Waals surface area contributed by atoms with E-state index in [-0.39, 0.29) is 12.6 Å². The highest BCUT2D eigenvalue weighted by molar-refractivity contribution is 5.89. The smallest absolute Gasteiger partial charge is 0.321 e. The normalized spacial score (nSPS) is 9.67. The highest BCUT2D eigenvalue weighted by Crippen LogP contribution is 2.17. The van der Waals surface area contributed by atoms with Crippen molar-refractivity contribution < 1.29 is 14.6 Å². The Hall–Kier alpha value is -2.01. The van der Waals surface area contributed by atoms with Crippen LogP contribution in [0.25, 0.3) is 0 Å². The molecule has 5 nitrogen and oxygen atoms in total. The van der Waals surface area contributed by atoms with Crippen LogP contribution < -0.4 is 10.1 Å². The molecule has 0 saturated heterocycles. The van der Waals surface area contributed by atoms with Gasteiger partial charge in [-0.05, 0) is 12.1 Å². The highest BCUT2D eigenvalue weighted by Gasteiger charge is 2.07. The highest BCUT2D eigenvalue weighted by atomic mass is 16.5. The Morgan fingerprint density at radius 3 is 3.06 bits per heavy atom. The summed E-state index contributed by atoms with van der Waals surface area (Å²) in [6.45, 7) is 4.21. The number of aliphatic hydroxyl groups excluding tert-OH is 1. The Morgan fingerprint density at radius 2 is 2.39 bits per heavy atom. The lowest BCUT2D eigenvalue weighted by Gasteiger charge is -2.16. The monoisotopic (exact) mass is 250 g/mol. The van der Waals surface area contributed by atoms with Crippen LogP contribution in [0.3, 0.4) is 0 Å². The standard InChI is InChI=1S/C13H18N2O3/c1-3-9-18-12-6-4-5-11(10-12)14-13(17)15(2)7-8-16/h3-6,10,16H,1,7-9H2,2H3,(H,14,17). The first-order chi connectivity index (χ1) is 8.67. The fraction of sp³-hybridized carbons (Fsp3) is 0.308. The van der Waals surface area contributed by atoms with Crippen molar-refractivity contribution in [1.29, 1.82) is 0 Å². The molecule has 0 heterocycles. The molecule has 0 aromatic heterocycles. The molecule has 2 N–H and O–H groups in total. The molecule has 0 unspecified atom stereocenters. The number of nitrogens with zero attached hydrogens (tertiary/aromatic N) is 1. The van der Waals surface area contributed by atoms with Gasteiger partial charge < -0.3 is 20.1 Å². The summed E-state index contributed by atoms with van der Waals surface area (Å²) < 4.78 is 5.36. The number of aliphatic hydroxyl groups is 1. The van der Waals surface area contributed by atoms with Crippen molar-refractivity contribution in [1.82, 2.24) is 4.90 Å². The second-order valence-electron chi connectivity index (χ2n) is 3.70. The van der Waals surface area contributed by atoms with Gasteiger partial charge in [0.25, 0.3) is 0 Å². The third-order valence-corrected chi connectivity index (χ3v) is 2.24. The van der Waals surface area contributed by atoms with Crippen LogP contribution in [0.1, 0.15) is 0 Å². The zero-order valence-corrected chi connectivity index (χ0v) is 10.4. The fourth-order valence-electron chi connectivity index (χ4n) is 1.29. The van der Waals surface area contributed by atoms with Crippen molar-refractivity contribution >= 4 is 11.7 Å². The van der Waals surface area contributed by atoms with E-state index < -0.39 is 0 Å². The fourth-order valence-corrected chi connectivity index (χ4v) is 1.29. The summed E-state index contributed by atoms with van der Waals surface area (Å²) in [6.07, 6.45) is 1.65. The molecular weight excluding hydrogens is 232 g/mol. The van der Waals surface area contributed by atoms with Gasteiger partial charge in [-0.3, -0.25) is 0 Å². The summed E-state index contributed by atoms with van der Waals surface area (Å²) >= 11 is 0. The van der Waals surface area contributed by atoms with Crippen molar-refractivity contribution in [3.63, 3.8) is 0 Å². The number of hydrogen-bond acceptors (Lipinski definition) is 3. The topological polar surface area (TPSA) is 61.8 Å². The van der Waals surface area contributed by atoms with E-state index in [1.54, 1.807) is 37.4 Å². The van der Waals surface area contributed by atoms with Crippen molar-refractivity contribution in [2.75, 3.05) is 32.1 Å². The van der Waals surface area contributed by atoms with Gasteiger partial charge in [0.05, 0.1) is 6.61 Å². The summed E-state index contributed by atoms with van der Waals surface area (Å²) in [4.78, 5) is 13.1. The number of carbonyl (C=O) groups is 1. The van der Waals surface area contributed by atoms with Crippen LogP contribution in [-0.4, -0.2) is 42.8 Å². The maximum absolute atomic E-state index is 11.7. The van der Waals surface area contributed by atoms with E-state index in [1.165, 1.54) is 4.90 Å². The van der Waals surface area contributed by atoms with Crippen molar-refractivity contribution in [2.45, 2.75) is 0 Å². The van der Waals surface area contributed by atoms with E-state index in [4.69, 9.17) is 9.84 Å². The zero-order valence-electron chi connectivity index (χ0n) is 10.4. The van der Waals surface area contributed by atoms with Crippen LogP contribution in [0.4, 0.5) is 10.5 Å². The molecule has 1 rings (SSSR count). The molecule has 0 aliphatic heterocycles. The van der Waals surface area contributed by atoms with Crippen molar-refractivity contribution in [2.24, 2.45) is 0 Å². The second-order valence-corrected chi connectivity index (χ2v) is 3.70. The average molecular weight is 250 g/mol. The van der Waals surface area contributed by atoms with E-state index in [0.717, 1.165) is 0 Å². The second kappa shape index (κ2) is 7.34. The molecule has 0 radical (unpaired) electrons. The molecule has 98 valence electrons. The number of likely N-dealkylation sites (N-methyl/N-ethyl adjacent to an activating group) is 1. The van der Waals surface area contributed by atoms with Gasteiger partial charge in [0.15, 0.2) is 0 Å². The molecular formula is C13H18N2O3. The number of urea groups is 1. The van der Waals surface area contributed by atoms with Crippen LogP contribution in [-0.2, 0) is 0 Å². The number of rotatable bonds is 6. The lowest BCUT2D eigenvalue weighted by atomic mass is 10.3. The first kappa shape index (κ1) is 14.1. The van der Waals surface area contributed by atoms with Crippen LogP contribution in [0.2, 0.25) is 0 Å².